The van der Waals surface area contributed by atoms with Gasteiger partial charge in [-0.2, -0.15) is 17.9 Å². The van der Waals surface area contributed by atoms with E-state index in [1.54, 1.807) is 27.5 Å². The second kappa shape index (κ2) is 37.6. The molecule has 1 fully saturated rings. The molecular weight excluding hydrogens is 1410 g/mol. The van der Waals surface area contributed by atoms with Gasteiger partial charge in [-0.3, -0.25) is 29.1 Å². The largest absolute Gasteiger partial charge is 0.778 e. The predicted octanol–water partition coefficient (Wildman–Crippen LogP) is 10.3. The van der Waals surface area contributed by atoms with E-state index in [0.717, 1.165) is 79.2 Å². The number of amides is 2. The number of ether oxygens (including phenoxy) is 3. The van der Waals surface area contributed by atoms with Crippen molar-refractivity contribution < 1.29 is 79.0 Å². The smallest absolute Gasteiger partial charge is 0.416 e. The van der Waals surface area contributed by atoms with Gasteiger partial charge in [0.15, 0.2) is 26.2 Å². The molecular formula is C62H74Cl5F3N7O15PS2. The van der Waals surface area contributed by atoms with Crippen LogP contribution in [0, 0.1) is 19.3 Å². The molecule has 2 aliphatic heterocycles. The molecule has 0 bridgehead atoms. The Bertz CT molecular complexity index is 3880. The first-order valence-corrected chi connectivity index (χ1v) is 37.2. The highest BCUT2D eigenvalue weighted by Crippen LogP contribution is 2.43. The van der Waals surface area contributed by atoms with Crippen LogP contribution in [-0.4, -0.2) is 149 Å². The number of terminal acetylenes is 1. The molecule has 33 heteroatoms. The Labute approximate surface area is 577 Å². The van der Waals surface area contributed by atoms with E-state index in [4.69, 9.17) is 93.2 Å². The number of halogens is 8. The van der Waals surface area contributed by atoms with Crippen LogP contribution in [0.1, 0.15) is 96.6 Å². The number of ketones is 1. The molecule has 22 nitrogen and oxygen atoms in total. The highest BCUT2D eigenvalue weighted by atomic mass is 35.5. The lowest BCUT2D eigenvalue weighted by Gasteiger charge is -2.35. The number of rotatable bonds is 18. The van der Waals surface area contributed by atoms with Crippen molar-refractivity contribution in [2.75, 3.05) is 80.5 Å². The molecule has 3 aliphatic rings. The maximum Gasteiger partial charge on any atom is 0.416 e. The van der Waals surface area contributed by atoms with Crippen molar-refractivity contribution in [3.8, 4) is 29.5 Å². The number of nitrogens with zero attached hydrogens (tertiary/aromatic N) is 6. The van der Waals surface area contributed by atoms with E-state index < -0.39 is 63.5 Å². The second-order valence-corrected chi connectivity index (χ2v) is 30.0. The van der Waals surface area contributed by atoms with Crippen LogP contribution in [-0.2, 0) is 70.0 Å². The summed E-state index contributed by atoms with van der Waals surface area (Å²) in [4.78, 5) is 78.6. The van der Waals surface area contributed by atoms with Crippen molar-refractivity contribution >= 4 is 121 Å². The second-order valence-electron chi connectivity index (χ2n) is 21.7. The molecule has 1 saturated carbocycles. The Balaban J connectivity index is 0.000000255. The molecule has 4 aromatic carbocycles. The van der Waals surface area contributed by atoms with Gasteiger partial charge in [-0.25, -0.2) is 13.2 Å². The van der Waals surface area contributed by atoms with Crippen molar-refractivity contribution in [1.82, 2.24) is 24.8 Å². The third-order valence-electron chi connectivity index (χ3n) is 13.5. The summed E-state index contributed by atoms with van der Waals surface area (Å²) in [5.74, 6) is 2.27. The number of para-hydroxylation sites is 3. The zero-order chi connectivity index (χ0) is 71.3. The number of anilines is 2. The minimum Gasteiger partial charge on any atom is -0.778 e. The SMILES string of the molecule is C#CCOc1cc(-n2nc3n(c2=O)CCCC3)c(Cl)cc1Cl.CC1COc2ccccc2N1C(=O)C(Cl)Cl.CCc1cccc(C)c1N(C(=O)CCl)C(C)COC.CS(=O)(=O)c1cc(C(F)(F)F)ccc1C(=O)c1cnoc1C1CC1.C[S+](C)C.O=C(O)CNCP(=O)([O-])O. The lowest BCUT2D eigenvalue weighted by molar-refractivity contribution is -0.193. The number of aromatic nitrogens is 4. The first kappa shape index (κ1) is 81.3. The summed E-state index contributed by atoms with van der Waals surface area (Å²) in [5, 5.41) is 18.6. The topological polar surface area (TPSA) is 295 Å². The van der Waals surface area contributed by atoms with Crippen molar-refractivity contribution in [1.29, 1.82) is 0 Å². The molecule has 3 N–H and O–H groups in total. The van der Waals surface area contributed by atoms with Crippen LogP contribution >= 0.6 is 65.6 Å². The fourth-order valence-electron chi connectivity index (χ4n) is 9.23. The molecule has 95 heavy (non-hydrogen) atoms. The lowest BCUT2D eigenvalue weighted by atomic mass is 10.0. The molecule has 3 atom stereocenters. The van der Waals surface area contributed by atoms with E-state index in [1.807, 2.05) is 62.5 Å². The first-order valence-electron chi connectivity index (χ1n) is 28.9. The van der Waals surface area contributed by atoms with Gasteiger partial charge in [-0.1, -0.05) is 94.7 Å². The van der Waals surface area contributed by atoms with Crippen LogP contribution < -0.4 is 35.2 Å². The Kier molecular flexibility index (Phi) is 32.2. The zero-order valence-corrected chi connectivity index (χ0v) is 59.6. The highest BCUT2D eigenvalue weighted by Gasteiger charge is 2.37. The van der Waals surface area contributed by atoms with Crippen molar-refractivity contribution in [3.63, 3.8) is 0 Å². The van der Waals surface area contributed by atoms with Crippen LogP contribution in [0.3, 0.4) is 0 Å². The van der Waals surface area contributed by atoms with Gasteiger partial charge < -0.3 is 48.0 Å². The average molecular weight is 1490 g/mol. The Morgan fingerprint density at radius 3 is 2.23 bits per heavy atom. The molecule has 9 rings (SSSR count). The number of carboxylic acids is 1. The van der Waals surface area contributed by atoms with Crippen LogP contribution in [0.5, 0.6) is 11.5 Å². The van der Waals surface area contributed by atoms with E-state index >= 15 is 0 Å². The van der Waals surface area contributed by atoms with E-state index in [0.29, 0.717) is 75.8 Å². The van der Waals surface area contributed by atoms with Crippen LogP contribution in [0.4, 0.5) is 24.5 Å². The highest BCUT2D eigenvalue weighted by molar-refractivity contribution is 7.94. The van der Waals surface area contributed by atoms with E-state index in [2.05, 4.69) is 47.9 Å². The quantitative estimate of drug-likeness (QED) is 0.0237. The van der Waals surface area contributed by atoms with E-state index in [1.165, 1.54) is 16.9 Å². The fraction of sp³-hybridized carbons (Fsp3) is 0.435. The number of aryl methyl sites for hydroxylation is 3. The number of alkyl halides is 6. The predicted molar refractivity (Wildman–Crippen MR) is 362 cm³/mol. The Morgan fingerprint density at radius 1 is 1.01 bits per heavy atom. The van der Waals surface area contributed by atoms with Gasteiger partial charge >= 0.3 is 17.8 Å². The lowest BCUT2D eigenvalue weighted by Crippen LogP contribution is -2.47. The molecule has 0 spiro atoms. The van der Waals surface area contributed by atoms with Crippen LogP contribution in [0.15, 0.2) is 93.2 Å². The van der Waals surface area contributed by atoms with Gasteiger partial charge in [0.2, 0.25) is 5.91 Å². The maximum absolute atomic E-state index is 12.8. The molecule has 0 radical (unpaired) electrons. The number of sulfone groups is 1. The van der Waals surface area contributed by atoms with Gasteiger partial charge in [0, 0.05) is 43.9 Å². The minimum absolute atomic E-state index is 0.0223. The number of carbonyl (C=O) groups excluding carboxylic acids is 3. The molecule has 0 saturated heterocycles. The number of nitrogens with one attached hydrogen (secondary N) is 1. The Morgan fingerprint density at radius 2 is 1.67 bits per heavy atom. The summed E-state index contributed by atoms with van der Waals surface area (Å²) in [6, 6.07) is 18.5. The summed E-state index contributed by atoms with van der Waals surface area (Å²) in [5.41, 5.74) is 2.79. The average Bonchev–Trinajstić information content (AvgIpc) is 1.76. The van der Waals surface area contributed by atoms with Gasteiger partial charge in [-0.15, -0.1) is 23.1 Å². The van der Waals surface area contributed by atoms with Crippen molar-refractivity contribution in [3.05, 3.63) is 139 Å². The number of benzene rings is 4. The molecule has 6 aromatic rings. The number of carbonyl (C=O) groups is 4. The van der Waals surface area contributed by atoms with Crippen molar-refractivity contribution in [2.45, 2.75) is 107 Å². The summed E-state index contributed by atoms with van der Waals surface area (Å²) in [6.07, 6.45) is 13.6. The fourth-order valence-corrected chi connectivity index (χ4v) is 11.4. The molecule has 2 amide bonds. The molecule has 3 unspecified atom stereocenters. The summed E-state index contributed by atoms with van der Waals surface area (Å²) >= 11 is 29.3. The van der Waals surface area contributed by atoms with Crippen LogP contribution in [0.2, 0.25) is 10.0 Å². The van der Waals surface area contributed by atoms with E-state index in [9.17, 15) is 55.0 Å². The zero-order valence-electron chi connectivity index (χ0n) is 53.3. The van der Waals surface area contributed by atoms with E-state index in [-0.39, 0.29) is 59.1 Å². The van der Waals surface area contributed by atoms with Crippen LogP contribution in [0.25, 0.3) is 5.69 Å². The Hall–Kier alpha value is -6.12. The summed E-state index contributed by atoms with van der Waals surface area (Å²) in [7, 11) is -6.11. The summed E-state index contributed by atoms with van der Waals surface area (Å²) < 4.78 is 96.3. The maximum atomic E-state index is 12.8. The number of hydrogen-bond donors (Lipinski definition) is 3. The standard InChI is InChI=1S/C15H13Cl2N3O2.C15H22ClNO2.C15H12F3NO4S.C11H11Cl2NO2.C3H8NO5P.C3H9S/c1-2-7-22-13-9-12(10(16)8-11(13)17)20-15(21)19-6-4-3-5-14(19)18-20;1-5-13-8-6-7-11(2)15(13)17(14(18)9-16)12(3)10-19-4;1-24(21,22)12-6-9(15(16,17)18)4-5-10(12)13(20)11-7-19-23-14(11)8-2-3-8;1-7-6-16-9-5-3-2-4-8(9)14(7)11(15)10(12)13;5-3(6)1-4-2-10(7,8)9;1-4(2)3/h1,8-9H,3-7H2;6-8,12H,5,9-10H2,1-4H3;4-8H,2-3H2,1H3;2-5,7,10H,6H2,1H3;4H,1-2H2,(H,5,6)(H2,7,8,9);1-3H3/q;;;;;+1/p-1. The third-order valence-corrected chi connectivity index (χ3v) is 16.4. The number of hydrogen-bond acceptors (Lipinski definition) is 16. The van der Waals surface area contributed by atoms with Gasteiger partial charge in [0.05, 0.1) is 99.6 Å². The minimum atomic E-state index is -4.71. The molecule has 2 aromatic heterocycles. The molecule has 4 heterocycles. The molecule has 1 aliphatic carbocycles. The monoisotopic (exact) mass is 1480 g/mol. The first-order chi connectivity index (χ1) is 44.5. The normalized spacial score (nSPS) is 14.8. The number of aliphatic carboxylic acids is 1. The molecule has 520 valence electrons. The number of carboxylic acid groups (broad SMARTS) is 1. The van der Waals surface area contributed by atoms with Crippen molar-refractivity contribution in [2.24, 2.45) is 0 Å². The van der Waals surface area contributed by atoms with Gasteiger partial charge in [-0.05, 0) is 111 Å². The van der Waals surface area contributed by atoms with Gasteiger partial charge in [0.1, 0.15) is 44.0 Å². The third kappa shape index (κ3) is 24.4. The summed E-state index contributed by atoms with van der Waals surface area (Å²) in [6.45, 7) is 9.18. The number of fused-ring (bicyclic) bond motifs is 2. The van der Waals surface area contributed by atoms with Gasteiger partial charge in [0.25, 0.3) is 5.91 Å². The number of methoxy groups -OCH3 is 1.